The number of rotatable bonds is 2. The van der Waals surface area contributed by atoms with Gasteiger partial charge in [0, 0.05) is 14.1 Å². The Morgan fingerprint density at radius 1 is 0.889 bits per heavy atom. The predicted molar refractivity (Wildman–Crippen MR) is 180 cm³/mol. The van der Waals surface area contributed by atoms with Gasteiger partial charge in [-0.05, 0) is 97.5 Å². The van der Waals surface area contributed by atoms with E-state index in [-0.39, 0.29) is 24.4 Å². The van der Waals surface area contributed by atoms with E-state index in [0.29, 0.717) is 34.5 Å². The van der Waals surface area contributed by atoms with Crippen LogP contribution in [0.4, 0.5) is 0 Å². The third kappa shape index (κ3) is 5.35. The maximum Gasteiger partial charge on any atom is 0.0805 e. The molecule has 8 atom stereocenters. The smallest absolute Gasteiger partial charge is 0.0805 e. The number of nitrogens with two attached hydrogens (primary N) is 1. The average molecular weight is 594 g/mol. The first-order valence-corrected chi connectivity index (χ1v) is 17.6. The number of hydrogen-bond acceptors (Lipinski definition) is 6. The summed E-state index contributed by atoms with van der Waals surface area (Å²) in [5.74, 6) is 3.64. The van der Waals surface area contributed by atoms with Crippen LogP contribution in [0.2, 0.25) is 0 Å². The SMILES string of the molecule is CC.CC(S)S.CCC[C@H]1C(C)(C)CC[C@@]2(S)C3(C)CC[C@H]4C(C)(C)CCC(C)C4(S)C3CSC12N. The molecule has 0 spiro atoms. The fraction of sp³-hybridized carbons (Fsp3) is 1.00. The van der Waals surface area contributed by atoms with E-state index in [1.807, 2.05) is 20.8 Å². The molecule has 0 bridgehead atoms. The van der Waals surface area contributed by atoms with E-state index in [1.165, 1.54) is 44.9 Å². The normalized spacial score (nSPS) is 46.7. The monoisotopic (exact) mass is 593 g/mol. The molecule has 1 aliphatic heterocycles. The minimum Gasteiger partial charge on any atom is -0.315 e. The first-order chi connectivity index (χ1) is 16.4. The zero-order valence-electron chi connectivity index (χ0n) is 25.0. The average Bonchev–Trinajstić information content (AvgIpc) is 2.77. The van der Waals surface area contributed by atoms with Crippen molar-refractivity contribution in [3.63, 3.8) is 0 Å². The maximum atomic E-state index is 7.56. The molecular formula is C30H59NS5. The van der Waals surface area contributed by atoms with Crippen LogP contribution in [0, 0.1) is 39.9 Å². The Morgan fingerprint density at radius 2 is 1.44 bits per heavy atom. The van der Waals surface area contributed by atoms with Crippen LogP contribution in [-0.4, -0.2) is 24.7 Å². The van der Waals surface area contributed by atoms with E-state index in [1.54, 1.807) is 0 Å². The molecule has 214 valence electrons. The van der Waals surface area contributed by atoms with Crippen LogP contribution in [0.5, 0.6) is 0 Å². The molecule has 3 aliphatic carbocycles. The molecule has 5 unspecified atom stereocenters. The molecule has 0 radical (unpaired) electrons. The van der Waals surface area contributed by atoms with Crippen LogP contribution in [-0.2, 0) is 0 Å². The van der Waals surface area contributed by atoms with Crippen molar-refractivity contribution in [2.24, 2.45) is 45.7 Å². The Bertz CT molecular complexity index is 738. The van der Waals surface area contributed by atoms with Crippen molar-refractivity contribution in [1.29, 1.82) is 0 Å². The minimum absolute atomic E-state index is 0.103. The molecule has 1 heterocycles. The third-order valence-electron chi connectivity index (χ3n) is 11.0. The lowest BCUT2D eigenvalue weighted by molar-refractivity contribution is -0.102. The molecule has 1 saturated heterocycles. The van der Waals surface area contributed by atoms with Crippen LogP contribution in [0.15, 0.2) is 0 Å². The van der Waals surface area contributed by atoms with Gasteiger partial charge in [0.05, 0.1) is 4.87 Å². The summed E-state index contributed by atoms with van der Waals surface area (Å²) < 4.78 is 0.205. The van der Waals surface area contributed by atoms with Gasteiger partial charge in [-0.3, -0.25) is 0 Å². The predicted octanol–water partition coefficient (Wildman–Crippen LogP) is 9.67. The van der Waals surface area contributed by atoms with Gasteiger partial charge in [0.25, 0.3) is 0 Å². The molecule has 4 fully saturated rings. The molecule has 4 rings (SSSR count). The Morgan fingerprint density at radius 3 is 1.97 bits per heavy atom. The Hall–Kier alpha value is 1.71. The molecule has 0 aromatic heterocycles. The van der Waals surface area contributed by atoms with Crippen molar-refractivity contribution in [2.75, 3.05) is 5.75 Å². The molecule has 0 aromatic carbocycles. The zero-order valence-corrected chi connectivity index (χ0v) is 29.4. The Kier molecular flexibility index (Phi) is 11.2. The first kappa shape index (κ1) is 33.9. The summed E-state index contributed by atoms with van der Waals surface area (Å²) in [5.41, 5.74) is 8.39. The van der Waals surface area contributed by atoms with Crippen LogP contribution < -0.4 is 5.73 Å². The minimum atomic E-state index is -0.247. The van der Waals surface area contributed by atoms with Gasteiger partial charge in [-0.2, -0.15) is 50.5 Å². The van der Waals surface area contributed by atoms with E-state index in [4.69, 9.17) is 31.0 Å². The summed E-state index contributed by atoms with van der Waals surface area (Å²) >= 11 is 21.1. The van der Waals surface area contributed by atoms with Crippen molar-refractivity contribution < 1.29 is 0 Å². The highest BCUT2D eigenvalue weighted by Gasteiger charge is 2.74. The summed E-state index contributed by atoms with van der Waals surface area (Å²) in [6, 6.07) is 0. The van der Waals surface area contributed by atoms with Gasteiger partial charge in [0.1, 0.15) is 0 Å². The Balaban J connectivity index is 0.000000694. The van der Waals surface area contributed by atoms with Crippen LogP contribution >= 0.6 is 62.3 Å². The highest BCUT2D eigenvalue weighted by atomic mass is 32.2. The zero-order chi connectivity index (χ0) is 28.0. The van der Waals surface area contributed by atoms with Gasteiger partial charge < -0.3 is 5.73 Å². The largest absolute Gasteiger partial charge is 0.315 e. The van der Waals surface area contributed by atoms with Gasteiger partial charge in [0.15, 0.2) is 0 Å². The highest BCUT2D eigenvalue weighted by molar-refractivity contribution is 8.01. The van der Waals surface area contributed by atoms with Crippen molar-refractivity contribution in [3.8, 4) is 0 Å². The second kappa shape index (κ2) is 11.9. The molecule has 0 amide bonds. The van der Waals surface area contributed by atoms with E-state index in [0.717, 1.165) is 12.2 Å². The van der Waals surface area contributed by atoms with E-state index < -0.39 is 0 Å². The number of fused-ring (bicyclic) bond motifs is 5. The highest BCUT2D eigenvalue weighted by Crippen LogP contribution is 2.75. The second-order valence-electron chi connectivity index (χ2n) is 13.8. The first-order valence-electron chi connectivity index (χ1n) is 14.7. The van der Waals surface area contributed by atoms with E-state index in [9.17, 15) is 0 Å². The van der Waals surface area contributed by atoms with Crippen molar-refractivity contribution in [1.82, 2.24) is 0 Å². The maximum absolute atomic E-state index is 7.56. The van der Waals surface area contributed by atoms with Crippen molar-refractivity contribution >= 4 is 62.3 Å². The molecule has 2 N–H and O–H groups in total. The number of hydrogen-bond donors (Lipinski definition) is 5. The molecule has 3 saturated carbocycles. The van der Waals surface area contributed by atoms with Crippen LogP contribution in [0.1, 0.15) is 121 Å². The third-order valence-corrected chi connectivity index (χ3v) is 15.0. The fourth-order valence-electron chi connectivity index (χ4n) is 8.92. The standard InChI is InChI=1S/C26H47NS3.C2H6S2.C2H6/c1-8-9-19-22(5,6)14-15-24(28)23(7)13-11-18-21(3,4)12-10-17(2)25(18,29)20(23)16-30-26(19,24)27;1-2(3)4;1-2/h17-20,28-29H,8-16,27H2,1-7H3;2-4H,1H3;1-2H3/t17?,18-,19-,20?,23?,24+,25?,26?;;/m0../s1. The van der Waals surface area contributed by atoms with E-state index in [2.05, 4.69) is 85.5 Å². The molecule has 6 heteroatoms. The van der Waals surface area contributed by atoms with Gasteiger partial charge in [-0.1, -0.05) is 68.7 Å². The van der Waals surface area contributed by atoms with Crippen molar-refractivity contribution in [2.45, 2.75) is 140 Å². The second-order valence-corrected chi connectivity index (χ2v) is 18.6. The fourth-order valence-corrected chi connectivity index (χ4v) is 13.1. The number of thiol groups is 4. The Labute approximate surface area is 251 Å². The van der Waals surface area contributed by atoms with E-state index >= 15 is 0 Å². The lowest BCUT2D eigenvalue weighted by atomic mass is 9.42. The lowest BCUT2D eigenvalue weighted by Crippen LogP contribution is -2.78. The summed E-state index contributed by atoms with van der Waals surface area (Å²) in [4.78, 5) is -0.247. The van der Waals surface area contributed by atoms with Crippen molar-refractivity contribution in [3.05, 3.63) is 0 Å². The lowest BCUT2D eigenvalue weighted by Gasteiger charge is -2.74. The summed E-state index contributed by atoms with van der Waals surface area (Å²) in [7, 11) is 0. The summed E-state index contributed by atoms with van der Waals surface area (Å²) in [6.45, 7) is 23.2. The summed E-state index contributed by atoms with van der Waals surface area (Å²) in [5, 5.41) is 0. The van der Waals surface area contributed by atoms with Gasteiger partial charge in [-0.15, -0.1) is 11.8 Å². The molecule has 36 heavy (non-hydrogen) atoms. The number of thioether (sulfide) groups is 1. The quantitative estimate of drug-likeness (QED) is 0.163. The van der Waals surface area contributed by atoms with Gasteiger partial charge in [-0.25, -0.2) is 0 Å². The van der Waals surface area contributed by atoms with Gasteiger partial charge in [0.2, 0.25) is 0 Å². The molecule has 0 aromatic rings. The van der Waals surface area contributed by atoms with Crippen LogP contribution in [0.3, 0.4) is 0 Å². The molecule has 4 aliphatic rings. The van der Waals surface area contributed by atoms with Crippen LogP contribution in [0.25, 0.3) is 0 Å². The molecular weight excluding hydrogens is 535 g/mol. The topological polar surface area (TPSA) is 26.0 Å². The van der Waals surface area contributed by atoms with Gasteiger partial charge >= 0.3 is 0 Å². The summed E-state index contributed by atoms with van der Waals surface area (Å²) in [6.07, 6.45) is 10.0. The molecule has 1 nitrogen and oxygen atoms in total.